The van der Waals surface area contributed by atoms with Gasteiger partial charge in [-0.05, 0) is 37.1 Å². The highest BCUT2D eigenvalue weighted by Gasteiger charge is 2.51. The number of pyridine rings is 1. The third-order valence-electron chi connectivity index (χ3n) is 6.10. The molecular weight excluding hydrogens is 368 g/mol. The van der Waals surface area contributed by atoms with Crippen LogP contribution in [-0.2, 0) is 4.74 Å². The molecule has 1 aromatic carbocycles. The van der Waals surface area contributed by atoms with Crippen LogP contribution in [0.5, 0.6) is 0 Å². The molecule has 1 amide bonds. The zero-order valence-electron chi connectivity index (χ0n) is 16.0. The zero-order valence-corrected chi connectivity index (χ0v) is 16.0. The van der Waals surface area contributed by atoms with E-state index >= 15 is 0 Å². The molecule has 0 aliphatic carbocycles. The molecular formula is C22H22N4O3. The minimum absolute atomic E-state index is 0.00279. The number of amides is 1. The number of nitrogens with zero attached hydrogens (tertiary/aromatic N) is 4. The summed E-state index contributed by atoms with van der Waals surface area (Å²) in [7, 11) is 0. The Morgan fingerprint density at radius 1 is 1.10 bits per heavy atom. The number of carbonyl (C=O) groups excluding carboxylic acids is 1. The zero-order chi connectivity index (χ0) is 19.7. The molecule has 1 atom stereocenters. The van der Waals surface area contributed by atoms with Crippen molar-refractivity contribution < 1.29 is 14.1 Å². The molecule has 0 bridgehead atoms. The third-order valence-corrected chi connectivity index (χ3v) is 6.10. The first-order valence-electron chi connectivity index (χ1n) is 9.91. The standard InChI is InChI=1S/C22H22N4O3/c27-21(16-5-2-1-3-6-16)26-14-18(22(15-26)8-11-28-12-9-22)20-24-19(25-29-20)17-7-4-10-23-13-17/h1-7,10,13,18H,8-9,11-12,14-15H2. The van der Waals surface area contributed by atoms with Crippen molar-refractivity contribution in [2.24, 2.45) is 5.41 Å². The van der Waals surface area contributed by atoms with Gasteiger partial charge in [0, 0.05) is 55.2 Å². The number of benzene rings is 1. The highest BCUT2D eigenvalue weighted by molar-refractivity contribution is 5.94. The molecule has 2 aromatic heterocycles. The third kappa shape index (κ3) is 3.31. The normalized spacial score (nSPS) is 20.8. The average Bonchev–Trinajstić information content (AvgIpc) is 3.40. The van der Waals surface area contributed by atoms with Gasteiger partial charge in [-0.1, -0.05) is 23.4 Å². The summed E-state index contributed by atoms with van der Waals surface area (Å²) in [4.78, 5) is 23.8. The van der Waals surface area contributed by atoms with Crippen molar-refractivity contribution in [3.8, 4) is 11.4 Å². The lowest BCUT2D eigenvalue weighted by Crippen LogP contribution is -2.37. The number of hydrogen-bond donors (Lipinski definition) is 0. The molecule has 7 heteroatoms. The molecule has 2 aliphatic heterocycles. The van der Waals surface area contributed by atoms with Crippen LogP contribution in [0, 0.1) is 5.41 Å². The van der Waals surface area contributed by atoms with Gasteiger partial charge in [0.2, 0.25) is 11.7 Å². The Hall–Kier alpha value is -3.06. The monoisotopic (exact) mass is 390 g/mol. The van der Waals surface area contributed by atoms with E-state index in [2.05, 4.69) is 15.1 Å². The first-order valence-corrected chi connectivity index (χ1v) is 9.91. The lowest BCUT2D eigenvalue weighted by molar-refractivity contribution is 0.00836. The molecule has 0 N–H and O–H groups in total. The maximum atomic E-state index is 13.1. The van der Waals surface area contributed by atoms with E-state index in [1.54, 1.807) is 12.4 Å². The fourth-order valence-corrected chi connectivity index (χ4v) is 4.50. The van der Waals surface area contributed by atoms with E-state index in [4.69, 9.17) is 9.26 Å². The van der Waals surface area contributed by atoms with E-state index in [1.807, 2.05) is 47.4 Å². The summed E-state index contributed by atoms with van der Waals surface area (Å²) in [5.74, 6) is 1.17. The van der Waals surface area contributed by atoms with Gasteiger partial charge in [0.25, 0.3) is 5.91 Å². The van der Waals surface area contributed by atoms with E-state index in [9.17, 15) is 4.79 Å². The molecule has 148 valence electrons. The second-order valence-corrected chi connectivity index (χ2v) is 7.78. The topological polar surface area (TPSA) is 81.4 Å². The van der Waals surface area contributed by atoms with Crippen LogP contribution >= 0.6 is 0 Å². The fourth-order valence-electron chi connectivity index (χ4n) is 4.50. The van der Waals surface area contributed by atoms with Gasteiger partial charge in [0.1, 0.15) is 0 Å². The quantitative estimate of drug-likeness (QED) is 0.683. The molecule has 2 aliphatic rings. The Bertz CT molecular complexity index is 984. The van der Waals surface area contributed by atoms with Gasteiger partial charge in [-0.25, -0.2) is 0 Å². The molecule has 2 fully saturated rings. The van der Waals surface area contributed by atoms with Gasteiger partial charge in [-0.3, -0.25) is 9.78 Å². The second-order valence-electron chi connectivity index (χ2n) is 7.78. The van der Waals surface area contributed by atoms with Crippen molar-refractivity contribution in [2.45, 2.75) is 18.8 Å². The van der Waals surface area contributed by atoms with Crippen molar-refractivity contribution in [3.63, 3.8) is 0 Å². The van der Waals surface area contributed by atoms with Crippen molar-refractivity contribution >= 4 is 5.91 Å². The van der Waals surface area contributed by atoms with Crippen LogP contribution in [-0.4, -0.2) is 52.2 Å². The van der Waals surface area contributed by atoms with Crippen molar-refractivity contribution in [2.75, 3.05) is 26.3 Å². The predicted octanol–water partition coefficient (Wildman–Crippen LogP) is 3.17. The van der Waals surface area contributed by atoms with Crippen molar-refractivity contribution in [1.29, 1.82) is 0 Å². The van der Waals surface area contributed by atoms with E-state index in [-0.39, 0.29) is 17.2 Å². The van der Waals surface area contributed by atoms with Gasteiger partial charge in [-0.15, -0.1) is 0 Å². The highest BCUT2D eigenvalue weighted by Crippen LogP contribution is 2.49. The van der Waals surface area contributed by atoms with Crippen molar-refractivity contribution in [1.82, 2.24) is 20.0 Å². The maximum Gasteiger partial charge on any atom is 0.253 e. The van der Waals surface area contributed by atoms with E-state index in [1.165, 1.54) is 0 Å². The van der Waals surface area contributed by atoms with Crippen LogP contribution in [0.25, 0.3) is 11.4 Å². The van der Waals surface area contributed by atoms with Gasteiger partial charge in [-0.2, -0.15) is 4.98 Å². The van der Waals surface area contributed by atoms with Gasteiger partial charge < -0.3 is 14.2 Å². The molecule has 3 aromatic rings. The number of ether oxygens (including phenoxy) is 1. The van der Waals surface area contributed by atoms with E-state index in [0.29, 0.717) is 43.6 Å². The largest absolute Gasteiger partial charge is 0.381 e. The minimum atomic E-state index is -0.0958. The summed E-state index contributed by atoms with van der Waals surface area (Å²) < 4.78 is 11.3. The number of aromatic nitrogens is 3. The van der Waals surface area contributed by atoms with Crippen LogP contribution in [0.15, 0.2) is 59.4 Å². The van der Waals surface area contributed by atoms with Crippen LogP contribution in [0.3, 0.4) is 0 Å². The Morgan fingerprint density at radius 2 is 1.93 bits per heavy atom. The second kappa shape index (κ2) is 7.40. The first-order chi connectivity index (χ1) is 14.3. The summed E-state index contributed by atoms with van der Waals surface area (Å²) in [6.07, 6.45) is 5.19. The lowest BCUT2D eigenvalue weighted by atomic mass is 9.72. The van der Waals surface area contributed by atoms with Crippen molar-refractivity contribution in [3.05, 3.63) is 66.3 Å². The number of hydrogen-bond acceptors (Lipinski definition) is 6. The van der Waals surface area contributed by atoms with Crippen LogP contribution in [0.4, 0.5) is 0 Å². The molecule has 0 saturated carbocycles. The fraction of sp³-hybridized carbons (Fsp3) is 0.364. The molecule has 7 nitrogen and oxygen atoms in total. The molecule has 2 saturated heterocycles. The SMILES string of the molecule is O=C(c1ccccc1)N1CC(c2nc(-c3cccnc3)no2)C2(CCOCC2)C1. The Kier molecular flexibility index (Phi) is 4.60. The highest BCUT2D eigenvalue weighted by atomic mass is 16.5. The van der Waals surface area contributed by atoms with Gasteiger partial charge >= 0.3 is 0 Å². The summed E-state index contributed by atoms with van der Waals surface area (Å²) in [5.41, 5.74) is 1.43. The summed E-state index contributed by atoms with van der Waals surface area (Å²) in [6.45, 7) is 2.63. The molecule has 4 heterocycles. The summed E-state index contributed by atoms with van der Waals surface area (Å²) >= 11 is 0. The number of rotatable bonds is 3. The van der Waals surface area contributed by atoms with E-state index in [0.717, 1.165) is 18.4 Å². The van der Waals surface area contributed by atoms with E-state index < -0.39 is 0 Å². The Balaban J connectivity index is 1.46. The first kappa shape index (κ1) is 18.0. The van der Waals surface area contributed by atoms with Crippen LogP contribution in [0.2, 0.25) is 0 Å². The smallest absolute Gasteiger partial charge is 0.253 e. The van der Waals surface area contributed by atoms with Crippen LogP contribution in [0.1, 0.15) is 35.0 Å². The molecule has 1 spiro atoms. The average molecular weight is 390 g/mol. The molecule has 29 heavy (non-hydrogen) atoms. The number of likely N-dealkylation sites (tertiary alicyclic amines) is 1. The minimum Gasteiger partial charge on any atom is -0.381 e. The summed E-state index contributed by atoms with van der Waals surface area (Å²) in [6, 6.07) is 13.2. The molecule has 1 unspecified atom stereocenters. The van der Waals surface area contributed by atoms with Gasteiger partial charge in [0.05, 0.1) is 5.92 Å². The summed E-state index contributed by atoms with van der Waals surface area (Å²) in [5, 5.41) is 4.18. The Labute approximate surface area is 168 Å². The molecule has 5 rings (SSSR count). The Morgan fingerprint density at radius 3 is 2.69 bits per heavy atom. The predicted molar refractivity (Wildman–Crippen MR) is 105 cm³/mol. The maximum absolute atomic E-state index is 13.1. The number of carbonyl (C=O) groups is 1. The van der Waals surface area contributed by atoms with Crippen LogP contribution < -0.4 is 0 Å². The van der Waals surface area contributed by atoms with Gasteiger partial charge in [0.15, 0.2) is 0 Å². The lowest BCUT2D eigenvalue weighted by Gasteiger charge is -2.36. The molecule has 0 radical (unpaired) electrons.